The number of pyridine rings is 1. The van der Waals surface area contributed by atoms with Crippen molar-refractivity contribution in [1.82, 2.24) is 20.5 Å². The Bertz CT molecular complexity index is 987. The number of carbonyl (C=O) groups is 2. The molecule has 0 saturated heterocycles. The summed E-state index contributed by atoms with van der Waals surface area (Å²) in [5.74, 6) is 0.802. The standard InChI is InChI=1S/C29H43FN4O3S/c1-5-23-17-24(21-32-19-23)20-31-11-8-12-33-29(36)27(10-14-38-4)34(3)28(35)9-6-7-13-37-26-16-22(2)15-25(30)18-26/h15-19,21,27,31H,5-14,20H2,1-4H3,(H,33,36). The zero-order chi connectivity index (χ0) is 27.8. The average molecular weight is 547 g/mol. The van der Waals surface area contributed by atoms with E-state index in [-0.39, 0.29) is 17.6 Å². The lowest BCUT2D eigenvalue weighted by Crippen LogP contribution is -2.48. The predicted octanol–water partition coefficient (Wildman–Crippen LogP) is 4.52. The Kier molecular flexibility index (Phi) is 14.8. The van der Waals surface area contributed by atoms with Gasteiger partial charge in [-0.05, 0) is 86.4 Å². The molecule has 0 saturated carbocycles. The average Bonchev–Trinajstić information content (AvgIpc) is 2.90. The van der Waals surface area contributed by atoms with Gasteiger partial charge in [0.15, 0.2) is 0 Å². The third kappa shape index (κ3) is 11.8. The first-order chi connectivity index (χ1) is 18.3. The predicted molar refractivity (Wildman–Crippen MR) is 153 cm³/mol. The van der Waals surface area contributed by atoms with Gasteiger partial charge >= 0.3 is 0 Å². The first-order valence-electron chi connectivity index (χ1n) is 13.4. The lowest BCUT2D eigenvalue weighted by Gasteiger charge is -2.27. The Morgan fingerprint density at radius 1 is 1.11 bits per heavy atom. The summed E-state index contributed by atoms with van der Waals surface area (Å²) in [6, 6.07) is 6.27. The molecule has 1 unspecified atom stereocenters. The molecule has 2 rings (SSSR count). The smallest absolute Gasteiger partial charge is 0.242 e. The van der Waals surface area contributed by atoms with Gasteiger partial charge in [-0.2, -0.15) is 11.8 Å². The van der Waals surface area contributed by atoms with Gasteiger partial charge in [0.25, 0.3) is 0 Å². The minimum atomic E-state index is -0.489. The number of aromatic nitrogens is 1. The Morgan fingerprint density at radius 3 is 2.63 bits per heavy atom. The van der Waals surface area contributed by atoms with E-state index < -0.39 is 6.04 Å². The molecule has 0 radical (unpaired) electrons. The van der Waals surface area contributed by atoms with E-state index in [0.29, 0.717) is 44.6 Å². The Morgan fingerprint density at radius 2 is 1.89 bits per heavy atom. The molecule has 38 heavy (non-hydrogen) atoms. The van der Waals surface area contributed by atoms with Crippen molar-refractivity contribution >= 4 is 23.6 Å². The molecule has 2 amide bonds. The summed E-state index contributed by atoms with van der Waals surface area (Å²) in [6.45, 7) is 6.41. The first-order valence-corrected chi connectivity index (χ1v) is 14.8. The summed E-state index contributed by atoms with van der Waals surface area (Å²) in [6.07, 6.45) is 9.76. The van der Waals surface area contributed by atoms with Crippen molar-refractivity contribution in [2.45, 2.75) is 65.0 Å². The molecule has 1 aromatic heterocycles. The van der Waals surface area contributed by atoms with Gasteiger partial charge in [0.05, 0.1) is 6.61 Å². The number of thioether (sulfide) groups is 1. The number of amides is 2. The van der Waals surface area contributed by atoms with Crippen molar-refractivity contribution in [1.29, 1.82) is 0 Å². The molecule has 1 aromatic carbocycles. The van der Waals surface area contributed by atoms with Crippen LogP contribution in [0.2, 0.25) is 0 Å². The highest BCUT2D eigenvalue weighted by molar-refractivity contribution is 7.98. The van der Waals surface area contributed by atoms with Crippen molar-refractivity contribution in [3.63, 3.8) is 0 Å². The molecule has 7 nitrogen and oxygen atoms in total. The maximum atomic E-state index is 13.5. The number of unbranched alkanes of at least 4 members (excludes halogenated alkanes) is 1. The van der Waals surface area contributed by atoms with Gasteiger partial charge < -0.3 is 20.3 Å². The summed E-state index contributed by atoms with van der Waals surface area (Å²) >= 11 is 1.66. The fraction of sp³-hybridized carbons (Fsp3) is 0.552. The summed E-state index contributed by atoms with van der Waals surface area (Å²) in [4.78, 5) is 31.6. The highest BCUT2D eigenvalue weighted by Crippen LogP contribution is 2.16. The van der Waals surface area contributed by atoms with Gasteiger partial charge in [0.1, 0.15) is 17.6 Å². The van der Waals surface area contributed by atoms with Crippen LogP contribution in [-0.2, 0) is 22.6 Å². The second-order valence-corrected chi connectivity index (χ2v) is 10.4. The van der Waals surface area contributed by atoms with Crippen LogP contribution in [0.25, 0.3) is 0 Å². The Balaban J connectivity index is 1.69. The van der Waals surface area contributed by atoms with E-state index in [1.165, 1.54) is 17.7 Å². The van der Waals surface area contributed by atoms with Crippen LogP contribution in [0.5, 0.6) is 5.75 Å². The quantitative estimate of drug-likeness (QED) is 0.268. The highest BCUT2D eigenvalue weighted by Gasteiger charge is 2.25. The van der Waals surface area contributed by atoms with E-state index in [4.69, 9.17) is 4.74 Å². The van der Waals surface area contributed by atoms with Crippen LogP contribution < -0.4 is 15.4 Å². The number of nitrogens with one attached hydrogen (secondary N) is 2. The largest absolute Gasteiger partial charge is 0.493 e. The minimum Gasteiger partial charge on any atom is -0.493 e. The van der Waals surface area contributed by atoms with E-state index >= 15 is 0 Å². The number of hydrogen-bond acceptors (Lipinski definition) is 6. The van der Waals surface area contributed by atoms with Crippen LogP contribution in [0.15, 0.2) is 36.7 Å². The van der Waals surface area contributed by atoms with Crippen molar-refractivity contribution in [3.8, 4) is 5.75 Å². The van der Waals surface area contributed by atoms with Crippen LogP contribution in [0.1, 0.15) is 55.7 Å². The molecule has 1 heterocycles. The van der Waals surface area contributed by atoms with E-state index in [2.05, 4.69) is 28.6 Å². The third-order valence-electron chi connectivity index (χ3n) is 6.25. The number of likely N-dealkylation sites (N-methyl/N-ethyl adjacent to an activating group) is 1. The Hall–Kier alpha value is -2.65. The summed E-state index contributed by atoms with van der Waals surface area (Å²) in [7, 11) is 1.71. The van der Waals surface area contributed by atoms with Crippen molar-refractivity contribution in [2.24, 2.45) is 0 Å². The Labute approximate surface area is 231 Å². The number of benzene rings is 1. The third-order valence-corrected chi connectivity index (χ3v) is 6.89. The minimum absolute atomic E-state index is 0.0579. The van der Waals surface area contributed by atoms with Crippen LogP contribution in [0, 0.1) is 12.7 Å². The molecule has 0 aliphatic carbocycles. The molecule has 0 bridgehead atoms. The zero-order valence-corrected chi connectivity index (χ0v) is 24.0. The van der Waals surface area contributed by atoms with Gasteiger partial charge in [-0.25, -0.2) is 4.39 Å². The lowest BCUT2D eigenvalue weighted by atomic mass is 10.1. The fourth-order valence-corrected chi connectivity index (χ4v) is 4.50. The molecule has 210 valence electrons. The molecule has 0 aliphatic rings. The molecule has 9 heteroatoms. The SMILES string of the molecule is CCc1cncc(CNCCCNC(=O)C(CCSC)N(C)C(=O)CCCCOc2cc(C)cc(F)c2)c1. The summed E-state index contributed by atoms with van der Waals surface area (Å²) in [5, 5.41) is 6.40. The van der Waals surface area contributed by atoms with Crippen LogP contribution in [0.3, 0.4) is 0 Å². The molecule has 2 aromatic rings. The van der Waals surface area contributed by atoms with Gasteiger partial charge in [0, 0.05) is 45.0 Å². The molecular formula is C29H43FN4O3S. The van der Waals surface area contributed by atoms with Gasteiger partial charge in [-0.15, -0.1) is 0 Å². The summed E-state index contributed by atoms with van der Waals surface area (Å²) in [5.41, 5.74) is 3.18. The van der Waals surface area contributed by atoms with Gasteiger partial charge in [-0.1, -0.05) is 13.0 Å². The molecule has 1 atom stereocenters. The first kappa shape index (κ1) is 31.6. The van der Waals surface area contributed by atoms with Crippen molar-refractivity contribution < 1.29 is 18.7 Å². The zero-order valence-electron chi connectivity index (χ0n) is 23.2. The maximum absolute atomic E-state index is 13.5. The topological polar surface area (TPSA) is 83.6 Å². The normalized spacial score (nSPS) is 11.7. The molecule has 0 fully saturated rings. The molecule has 0 aliphatic heterocycles. The number of rotatable bonds is 18. The number of aryl methyl sites for hydroxylation is 2. The number of hydrogen-bond donors (Lipinski definition) is 2. The number of carbonyl (C=O) groups excluding carboxylic acids is 2. The van der Waals surface area contributed by atoms with E-state index in [1.807, 2.05) is 25.6 Å². The monoisotopic (exact) mass is 546 g/mol. The van der Waals surface area contributed by atoms with Gasteiger partial charge in [0.2, 0.25) is 11.8 Å². The van der Waals surface area contributed by atoms with Crippen LogP contribution >= 0.6 is 11.8 Å². The second kappa shape index (κ2) is 17.8. The molecule has 0 spiro atoms. The number of halogens is 1. The molecule has 2 N–H and O–H groups in total. The van der Waals surface area contributed by atoms with E-state index in [0.717, 1.165) is 42.8 Å². The van der Waals surface area contributed by atoms with Crippen LogP contribution in [0.4, 0.5) is 4.39 Å². The molecular weight excluding hydrogens is 503 g/mol. The van der Waals surface area contributed by atoms with Gasteiger partial charge in [-0.3, -0.25) is 14.6 Å². The highest BCUT2D eigenvalue weighted by atomic mass is 32.2. The lowest BCUT2D eigenvalue weighted by molar-refractivity contribution is -0.139. The van der Waals surface area contributed by atoms with E-state index in [1.54, 1.807) is 29.8 Å². The van der Waals surface area contributed by atoms with Crippen LogP contribution in [-0.4, -0.2) is 66.5 Å². The fourth-order valence-electron chi connectivity index (χ4n) is 4.04. The van der Waals surface area contributed by atoms with Crippen molar-refractivity contribution in [2.75, 3.05) is 38.8 Å². The second-order valence-electron chi connectivity index (χ2n) is 9.45. The number of ether oxygens (including phenoxy) is 1. The number of nitrogens with zero attached hydrogens (tertiary/aromatic N) is 2. The maximum Gasteiger partial charge on any atom is 0.242 e. The van der Waals surface area contributed by atoms with E-state index in [9.17, 15) is 14.0 Å². The van der Waals surface area contributed by atoms with Crippen molar-refractivity contribution in [3.05, 3.63) is 59.2 Å². The summed E-state index contributed by atoms with van der Waals surface area (Å²) < 4.78 is 19.1.